The first-order valence-corrected chi connectivity index (χ1v) is 3.63. The van der Waals surface area contributed by atoms with Crippen molar-refractivity contribution in [1.29, 1.82) is 0 Å². The largest absolute Gasteiger partial charge is 0.508 e. The van der Waals surface area contributed by atoms with Gasteiger partial charge in [-0.1, -0.05) is 0 Å². The number of aromatic hydroxyl groups is 1. The Morgan fingerprint density at radius 2 is 1.91 bits per heavy atom. The summed E-state index contributed by atoms with van der Waals surface area (Å²) in [5.74, 6) is 0.830. The van der Waals surface area contributed by atoms with Crippen molar-refractivity contribution in [2.75, 3.05) is 0 Å². The molecule has 0 amide bonds. The number of thiol groups is 1. The zero-order valence-electron chi connectivity index (χ0n) is 6.46. The monoisotopic (exact) mass is 170 g/mol. The number of hydrogen-bond donors (Lipinski definition) is 2. The predicted molar refractivity (Wildman–Crippen MR) is 47.2 cm³/mol. The van der Waals surface area contributed by atoms with Crippen LogP contribution >= 0.6 is 12.9 Å². The van der Waals surface area contributed by atoms with Crippen molar-refractivity contribution in [2.45, 2.75) is 13.8 Å². The quantitative estimate of drug-likeness (QED) is 0.500. The van der Waals surface area contributed by atoms with Gasteiger partial charge in [-0.25, -0.2) is 0 Å². The number of phenols is 1. The van der Waals surface area contributed by atoms with Gasteiger partial charge in [0.15, 0.2) is 0 Å². The molecule has 0 saturated carbocycles. The molecule has 0 aliphatic heterocycles. The van der Waals surface area contributed by atoms with Crippen molar-refractivity contribution in [1.82, 2.24) is 0 Å². The number of benzene rings is 1. The normalized spacial score (nSPS) is 9.73. The van der Waals surface area contributed by atoms with E-state index in [1.165, 1.54) is 0 Å². The summed E-state index contributed by atoms with van der Waals surface area (Å²) in [6.07, 6.45) is 0. The lowest BCUT2D eigenvalue weighted by molar-refractivity contribution is 0.467. The van der Waals surface area contributed by atoms with Gasteiger partial charge in [0.25, 0.3) is 0 Å². The van der Waals surface area contributed by atoms with Gasteiger partial charge in [0, 0.05) is 19.0 Å². The van der Waals surface area contributed by atoms with Crippen LogP contribution in [0.1, 0.15) is 11.1 Å². The van der Waals surface area contributed by atoms with Crippen LogP contribution in [0.2, 0.25) is 0 Å². The Bertz CT molecular complexity index is 271. The molecule has 0 unspecified atom stereocenters. The van der Waals surface area contributed by atoms with Crippen molar-refractivity contribution >= 4 is 12.9 Å². The number of hydrogen-bond acceptors (Lipinski definition) is 3. The Morgan fingerprint density at radius 3 is 2.45 bits per heavy atom. The third kappa shape index (κ3) is 1.60. The zero-order valence-corrected chi connectivity index (χ0v) is 7.35. The minimum Gasteiger partial charge on any atom is -0.508 e. The maximum atomic E-state index is 9.24. The van der Waals surface area contributed by atoms with Crippen molar-refractivity contribution in [3.63, 3.8) is 0 Å². The number of phenolic OH excluding ortho intramolecular Hbond substituents is 1. The van der Waals surface area contributed by atoms with Crippen LogP contribution in [0.5, 0.6) is 11.5 Å². The minimum atomic E-state index is 0.236. The second-order valence-corrected chi connectivity index (χ2v) is 2.68. The van der Waals surface area contributed by atoms with Crippen LogP contribution in [0.4, 0.5) is 0 Å². The molecule has 0 heterocycles. The first-order chi connectivity index (χ1) is 5.15. The standard InChI is InChI=1S/C8H10O2S/c1-5-3-6(2)8(10-11)4-7(5)9/h3-4,9,11H,1-2H3. The lowest BCUT2D eigenvalue weighted by Gasteiger charge is -2.05. The van der Waals surface area contributed by atoms with Crippen LogP contribution in [-0.4, -0.2) is 5.11 Å². The molecule has 2 nitrogen and oxygen atoms in total. The van der Waals surface area contributed by atoms with Gasteiger partial charge in [0.05, 0.1) is 0 Å². The summed E-state index contributed by atoms with van der Waals surface area (Å²) in [7, 11) is 0. The van der Waals surface area contributed by atoms with Gasteiger partial charge >= 0.3 is 0 Å². The summed E-state index contributed by atoms with van der Waals surface area (Å²) >= 11 is 3.65. The van der Waals surface area contributed by atoms with E-state index in [-0.39, 0.29) is 5.75 Å². The van der Waals surface area contributed by atoms with Crippen molar-refractivity contribution < 1.29 is 9.29 Å². The van der Waals surface area contributed by atoms with E-state index in [2.05, 4.69) is 12.9 Å². The van der Waals surface area contributed by atoms with Crippen LogP contribution in [0.15, 0.2) is 12.1 Å². The summed E-state index contributed by atoms with van der Waals surface area (Å²) in [6, 6.07) is 3.40. The molecule has 1 rings (SSSR count). The molecule has 0 radical (unpaired) electrons. The van der Waals surface area contributed by atoms with Crippen LogP contribution in [-0.2, 0) is 0 Å². The van der Waals surface area contributed by atoms with E-state index < -0.39 is 0 Å². The van der Waals surface area contributed by atoms with Gasteiger partial charge in [-0.2, -0.15) is 0 Å². The maximum absolute atomic E-state index is 9.24. The van der Waals surface area contributed by atoms with E-state index in [0.717, 1.165) is 11.1 Å². The summed E-state index contributed by atoms with van der Waals surface area (Å²) in [6.45, 7) is 3.74. The number of aryl methyl sites for hydroxylation is 2. The summed E-state index contributed by atoms with van der Waals surface area (Å²) < 4.78 is 4.72. The van der Waals surface area contributed by atoms with E-state index in [1.54, 1.807) is 6.07 Å². The third-order valence-electron chi connectivity index (χ3n) is 1.59. The maximum Gasteiger partial charge on any atom is 0.143 e. The van der Waals surface area contributed by atoms with E-state index in [0.29, 0.717) is 5.75 Å². The van der Waals surface area contributed by atoms with Gasteiger partial charge in [-0.3, -0.25) is 0 Å². The highest BCUT2D eigenvalue weighted by Gasteiger charge is 2.02. The molecule has 0 saturated heterocycles. The van der Waals surface area contributed by atoms with Gasteiger partial charge in [-0.05, 0) is 31.0 Å². The third-order valence-corrected chi connectivity index (χ3v) is 1.79. The molecule has 0 aromatic heterocycles. The molecule has 1 aromatic rings. The molecule has 1 aromatic carbocycles. The van der Waals surface area contributed by atoms with E-state index in [9.17, 15) is 5.11 Å². The highest BCUT2D eigenvalue weighted by Crippen LogP contribution is 2.27. The van der Waals surface area contributed by atoms with E-state index >= 15 is 0 Å². The Morgan fingerprint density at radius 1 is 1.27 bits per heavy atom. The van der Waals surface area contributed by atoms with Crippen LogP contribution in [0.25, 0.3) is 0 Å². The van der Waals surface area contributed by atoms with E-state index in [4.69, 9.17) is 4.18 Å². The summed E-state index contributed by atoms with van der Waals surface area (Å²) in [5, 5.41) is 9.24. The Labute approximate surface area is 71.4 Å². The lowest BCUT2D eigenvalue weighted by Crippen LogP contribution is -1.83. The van der Waals surface area contributed by atoms with Crippen LogP contribution in [0.3, 0.4) is 0 Å². The SMILES string of the molecule is Cc1cc(C)c(OS)cc1O. The fourth-order valence-corrected chi connectivity index (χ4v) is 1.12. The second-order valence-electron chi connectivity index (χ2n) is 2.50. The number of rotatable bonds is 1. The molecule has 1 N–H and O–H groups in total. The van der Waals surface area contributed by atoms with Crippen molar-refractivity contribution in [2.24, 2.45) is 0 Å². The smallest absolute Gasteiger partial charge is 0.143 e. The molecule has 0 atom stereocenters. The molecule has 60 valence electrons. The first-order valence-electron chi connectivity index (χ1n) is 3.27. The van der Waals surface area contributed by atoms with Crippen molar-refractivity contribution in [3.8, 4) is 11.5 Å². The molecular formula is C8H10O2S. The first kappa shape index (κ1) is 8.27. The van der Waals surface area contributed by atoms with Gasteiger partial charge < -0.3 is 9.29 Å². The van der Waals surface area contributed by atoms with Crippen molar-refractivity contribution in [3.05, 3.63) is 23.3 Å². The molecule has 3 heteroatoms. The zero-order chi connectivity index (χ0) is 8.43. The average molecular weight is 170 g/mol. The fraction of sp³-hybridized carbons (Fsp3) is 0.250. The molecule has 0 aliphatic rings. The van der Waals surface area contributed by atoms with E-state index in [1.807, 2.05) is 19.9 Å². The van der Waals surface area contributed by atoms with Gasteiger partial charge in [0.1, 0.15) is 11.5 Å². The Balaban J connectivity index is 3.21. The molecule has 0 bridgehead atoms. The van der Waals surface area contributed by atoms with Gasteiger partial charge in [-0.15, -0.1) is 0 Å². The van der Waals surface area contributed by atoms with Gasteiger partial charge in [0.2, 0.25) is 0 Å². The highest BCUT2D eigenvalue weighted by atomic mass is 32.1. The lowest BCUT2D eigenvalue weighted by atomic mass is 10.1. The average Bonchev–Trinajstić information content (AvgIpc) is 1.97. The summed E-state index contributed by atoms with van der Waals surface area (Å²) in [4.78, 5) is 0. The minimum absolute atomic E-state index is 0.236. The highest BCUT2D eigenvalue weighted by molar-refractivity contribution is 7.75. The molecule has 0 spiro atoms. The topological polar surface area (TPSA) is 29.5 Å². The Hall–Kier alpha value is -0.830. The molecule has 0 fully saturated rings. The summed E-state index contributed by atoms with van der Waals surface area (Å²) in [5.41, 5.74) is 1.81. The molecule has 0 aliphatic carbocycles. The fourth-order valence-electron chi connectivity index (χ4n) is 0.920. The van der Waals surface area contributed by atoms with Crippen LogP contribution < -0.4 is 4.18 Å². The van der Waals surface area contributed by atoms with Crippen LogP contribution in [0, 0.1) is 13.8 Å². The Kier molecular flexibility index (Phi) is 2.29. The molecular weight excluding hydrogens is 160 g/mol. The second kappa shape index (κ2) is 3.05. The molecule has 11 heavy (non-hydrogen) atoms. The predicted octanol–water partition coefficient (Wildman–Crippen LogP) is 2.23.